The molecular formula is C34H27F2N3O5. The van der Waals surface area contributed by atoms with Crippen molar-refractivity contribution in [3.05, 3.63) is 113 Å². The molecule has 1 aliphatic heterocycles. The van der Waals surface area contributed by atoms with Gasteiger partial charge in [-0.05, 0) is 60.5 Å². The summed E-state index contributed by atoms with van der Waals surface area (Å²) in [7, 11) is 1.34. The number of carbonyl (C=O) groups is 1. The van der Waals surface area contributed by atoms with E-state index >= 15 is 4.39 Å². The Morgan fingerprint density at radius 2 is 1.86 bits per heavy atom. The zero-order chi connectivity index (χ0) is 30.2. The number of pyridine rings is 1. The first-order valence-corrected chi connectivity index (χ1v) is 14.2. The molecule has 7 rings (SSSR count). The number of benzene rings is 3. The molecule has 1 fully saturated rings. The van der Waals surface area contributed by atoms with Crippen LogP contribution in [0.15, 0.2) is 83.5 Å². The summed E-state index contributed by atoms with van der Waals surface area (Å²) in [6.07, 6.45) is 2.64. The highest BCUT2D eigenvalue weighted by Gasteiger charge is 2.23. The number of aromatic nitrogens is 3. The van der Waals surface area contributed by atoms with Gasteiger partial charge < -0.3 is 23.2 Å². The molecule has 222 valence electrons. The monoisotopic (exact) mass is 595 g/mol. The first kappa shape index (κ1) is 27.7. The summed E-state index contributed by atoms with van der Waals surface area (Å²) >= 11 is 0. The Morgan fingerprint density at radius 3 is 2.66 bits per heavy atom. The van der Waals surface area contributed by atoms with Gasteiger partial charge >= 0.3 is 5.97 Å². The number of hydrogen-bond donors (Lipinski definition) is 0. The molecule has 0 saturated carbocycles. The van der Waals surface area contributed by atoms with E-state index in [1.54, 1.807) is 54.6 Å². The maximum atomic E-state index is 15.6. The second-order valence-electron chi connectivity index (χ2n) is 10.6. The number of nitrogens with zero attached hydrogens (tertiary/aromatic N) is 3. The van der Waals surface area contributed by atoms with Crippen LogP contribution in [0.4, 0.5) is 8.78 Å². The van der Waals surface area contributed by atoms with E-state index in [2.05, 4.69) is 4.98 Å². The van der Waals surface area contributed by atoms with Crippen LogP contribution < -0.4 is 4.74 Å². The molecule has 3 aromatic carbocycles. The zero-order valence-electron chi connectivity index (χ0n) is 23.8. The lowest BCUT2D eigenvalue weighted by atomic mass is 10.1. The summed E-state index contributed by atoms with van der Waals surface area (Å²) in [6.45, 7) is 1.38. The molecular weight excluding hydrogens is 568 g/mol. The smallest absolute Gasteiger partial charge is 0.337 e. The number of methoxy groups -OCH3 is 1. The van der Waals surface area contributed by atoms with Crippen molar-refractivity contribution in [1.82, 2.24) is 14.5 Å². The normalized spacial score (nSPS) is 14.6. The molecule has 44 heavy (non-hydrogen) atoms. The average molecular weight is 596 g/mol. The largest absolute Gasteiger partial charge is 0.473 e. The second-order valence-corrected chi connectivity index (χ2v) is 10.6. The maximum Gasteiger partial charge on any atom is 0.337 e. The summed E-state index contributed by atoms with van der Waals surface area (Å²) in [5.74, 6) is -0.175. The number of fused-ring (bicyclic) bond motifs is 2. The minimum absolute atomic E-state index is 0.0360. The summed E-state index contributed by atoms with van der Waals surface area (Å²) in [6, 6.07) is 20.0. The molecule has 3 aromatic heterocycles. The fraction of sp³-hybridized carbons (Fsp3) is 0.206. The summed E-state index contributed by atoms with van der Waals surface area (Å²) < 4.78 is 53.4. The molecule has 0 spiro atoms. The average Bonchev–Trinajstić information content (AvgIpc) is 3.65. The van der Waals surface area contributed by atoms with Crippen LogP contribution in [0.25, 0.3) is 33.3 Å². The van der Waals surface area contributed by atoms with Crippen LogP contribution in [0.2, 0.25) is 0 Å². The van der Waals surface area contributed by atoms with E-state index in [4.69, 9.17) is 23.6 Å². The van der Waals surface area contributed by atoms with E-state index in [9.17, 15) is 9.18 Å². The number of ether oxygens (including phenoxy) is 3. The number of imidazole rings is 1. The highest BCUT2D eigenvalue weighted by molar-refractivity contribution is 5.93. The minimum atomic E-state index is -0.434. The zero-order valence-corrected chi connectivity index (χ0v) is 23.8. The molecule has 1 saturated heterocycles. The van der Waals surface area contributed by atoms with Crippen LogP contribution in [-0.4, -0.2) is 40.3 Å². The second kappa shape index (κ2) is 11.5. The van der Waals surface area contributed by atoms with Crippen LogP contribution in [0, 0.1) is 11.6 Å². The Balaban J connectivity index is 1.12. The van der Waals surface area contributed by atoms with Crippen molar-refractivity contribution in [2.75, 3.05) is 13.7 Å². The highest BCUT2D eigenvalue weighted by Crippen LogP contribution is 2.28. The maximum absolute atomic E-state index is 15.6. The minimum Gasteiger partial charge on any atom is -0.473 e. The van der Waals surface area contributed by atoms with Crippen LogP contribution >= 0.6 is 0 Å². The number of esters is 1. The molecule has 4 heterocycles. The third kappa shape index (κ3) is 5.28. The Morgan fingerprint density at radius 1 is 1.00 bits per heavy atom. The Hall–Kier alpha value is -5.09. The molecule has 0 radical (unpaired) electrons. The van der Waals surface area contributed by atoms with E-state index in [0.29, 0.717) is 69.3 Å². The molecule has 0 aliphatic carbocycles. The van der Waals surface area contributed by atoms with Crippen LogP contribution in [0.5, 0.6) is 5.88 Å². The van der Waals surface area contributed by atoms with Gasteiger partial charge in [0.15, 0.2) is 0 Å². The van der Waals surface area contributed by atoms with Crippen molar-refractivity contribution < 1.29 is 32.2 Å². The van der Waals surface area contributed by atoms with Gasteiger partial charge in [-0.1, -0.05) is 18.2 Å². The fourth-order valence-electron chi connectivity index (χ4n) is 5.42. The van der Waals surface area contributed by atoms with Gasteiger partial charge in [-0.2, -0.15) is 0 Å². The fourth-order valence-corrected chi connectivity index (χ4v) is 5.42. The van der Waals surface area contributed by atoms with Gasteiger partial charge in [-0.3, -0.25) is 0 Å². The Bertz CT molecular complexity index is 2010. The van der Waals surface area contributed by atoms with E-state index in [0.717, 1.165) is 11.9 Å². The quantitative estimate of drug-likeness (QED) is 0.169. The highest BCUT2D eigenvalue weighted by atomic mass is 19.1. The molecule has 8 nitrogen and oxygen atoms in total. The Labute approximate surface area is 250 Å². The van der Waals surface area contributed by atoms with Gasteiger partial charge in [-0.25, -0.2) is 23.5 Å². The van der Waals surface area contributed by atoms with E-state index in [1.807, 2.05) is 10.6 Å². The topological polar surface area (TPSA) is 88.6 Å². The first-order valence-electron chi connectivity index (χ1n) is 14.2. The van der Waals surface area contributed by atoms with Gasteiger partial charge in [-0.15, -0.1) is 0 Å². The van der Waals surface area contributed by atoms with Crippen molar-refractivity contribution in [2.45, 2.75) is 32.1 Å². The lowest BCUT2D eigenvalue weighted by molar-refractivity contribution is -0.0589. The van der Waals surface area contributed by atoms with Gasteiger partial charge in [0.1, 0.15) is 29.6 Å². The van der Waals surface area contributed by atoms with Crippen LogP contribution in [-0.2, 0) is 29.0 Å². The summed E-state index contributed by atoms with van der Waals surface area (Å²) in [5, 5.41) is 0.390. The molecule has 0 unspecified atom stereocenters. The first-order chi connectivity index (χ1) is 21.5. The Kier molecular flexibility index (Phi) is 7.27. The number of carbonyl (C=O) groups excluding carboxylic acids is 1. The third-order valence-corrected chi connectivity index (χ3v) is 7.87. The summed E-state index contributed by atoms with van der Waals surface area (Å²) in [5.41, 5.74) is 4.61. The van der Waals surface area contributed by atoms with Gasteiger partial charge in [0, 0.05) is 30.2 Å². The molecule has 0 bridgehead atoms. The molecule has 0 N–H and O–H groups in total. The van der Waals surface area contributed by atoms with Crippen LogP contribution in [0.3, 0.4) is 0 Å². The van der Waals surface area contributed by atoms with Gasteiger partial charge in [0.05, 0.1) is 53.7 Å². The number of furan rings is 1. The third-order valence-electron chi connectivity index (χ3n) is 7.87. The predicted octanol–water partition coefficient (Wildman–Crippen LogP) is 6.87. The van der Waals surface area contributed by atoms with Crippen molar-refractivity contribution in [3.63, 3.8) is 0 Å². The number of halogens is 2. The molecule has 1 atom stereocenters. The van der Waals surface area contributed by atoms with Crippen molar-refractivity contribution in [3.8, 4) is 17.1 Å². The lowest BCUT2D eigenvalue weighted by Crippen LogP contribution is -2.31. The van der Waals surface area contributed by atoms with E-state index in [1.165, 1.54) is 25.5 Å². The SMILES string of the molecule is COC(=O)c1ccc2nc(Cc3ccc(-c4cccc(OCc5ccc(F)c6ccoc56)n4)cc3F)n(C[C@@H]3CCO3)c2c1. The van der Waals surface area contributed by atoms with Crippen molar-refractivity contribution >= 4 is 28.0 Å². The lowest BCUT2D eigenvalue weighted by Gasteiger charge is -2.27. The predicted molar refractivity (Wildman–Crippen MR) is 158 cm³/mol. The van der Waals surface area contributed by atoms with Crippen LogP contribution in [0.1, 0.15) is 33.7 Å². The number of hydrogen-bond acceptors (Lipinski definition) is 7. The molecule has 6 aromatic rings. The molecule has 10 heteroatoms. The standard InChI is InChI=1S/C34H27F2N3O5/c1-41-34(40)22-8-10-29-30(16-22)39(18-24-11-13-42-24)31(37-29)17-20-5-6-21(15-27(20)36)28-3-2-4-32(38-28)44-19-23-7-9-26(35)25-12-14-43-33(23)25/h2-10,12,14-16,24H,11,13,17-19H2,1H3/t24-/m0/s1. The van der Waals surface area contributed by atoms with E-state index < -0.39 is 11.8 Å². The molecule has 0 amide bonds. The van der Waals surface area contributed by atoms with E-state index in [-0.39, 0.29) is 24.9 Å². The molecule has 1 aliphatic rings. The van der Waals surface area contributed by atoms with Gasteiger partial charge in [0.2, 0.25) is 5.88 Å². The van der Waals surface area contributed by atoms with Gasteiger partial charge in [0.25, 0.3) is 0 Å². The van der Waals surface area contributed by atoms with Crippen molar-refractivity contribution in [1.29, 1.82) is 0 Å². The summed E-state index contributed by atoms with van der Waals surface area (Å²) in [4.78, 5) is 21.5. The van der Waals surface area contributed by atoms with Crippen molar-refractivity contribution in [2.24, 2.45) is 0 Å². The number of rotatable bonds is 9.